The molecule has 120 valence electrons. The summed E-state index contributed by atoms with van der Waals surface area (Å²) in [6.45, 7) is 0. The van der Waals surface area contributed by atoms with Crippen molar-refractivity contribution in [3.8, 4) is 0 Å². The van der Waals surface area contributed by atoms with Crippen molar-refractivity contribution >= 4 is 22.9 Å². The van der Waals surface area contributed by atoms with Crippen LogP contribution in [0.1, 0.15) is 22.8 Å². The molecule has 1 aromatic heterocycles. The number of para-hydroxylation sites is 1. The van der Waals surface area contributed by atoms with Crippen LogP contribution < -0.4 is 0 Å². The molecule has 0 amide bonds. The average Bonchev–Trinajstić information content (AvgIpc) is 3.09. The fourth-order valence-electron chi connectivity index (χ4n) is 3.75. The van der Waals surface area contributed by atoms with Gasteiger partial charge in [0.05, 0.1) is 0 Å². The molecule has 0 bridgehead atoms. The highest BCUT2D eigenvalue weighted by molar-refractivity contribution is 6.03. The number of carboxylic acids is 2. The van der Waals surface area contributed by atoms with Crippen LogP contribution in [0, 0.1) is 5.41 Å². The molecule has 1 unspecified atom stereocenters. The molecule has 0 radical (unpaired) electrons. The summed E-state index contributed by atoms with van der Waals surface area (Å²) >= 11 is 0. The SMILES string of the molecule is O=C(O)C1(C(=O)O)Cc2oc3ccccc3c2C1c1ccccc1. The van der Waals surface area contributed by atoms with Crippen LogP contribution in [0.15, 0.2) is 59.0 Å². The van der Waals surface area contributed by atoms with E-state index >= 15 is 0 Å². The second-order valence-corrected chi connectivity index (χ2v) is 6.04. The molecule has 1 heterocycles. The van der Waals surface area contributed by atoms with Crippen LogP contribution in [-0.4, -0.2) is 22.2 Å². The minimum atomic E-state index is -1.96. The number of fused-ring (bicyclic) bond motifs is 3. The fourth-order valence-corrected chi connectivity index (χ4v) is 3.75. The van der Waals surface area contributed by atoms with E-state index in [-0.39, 0.29) is 6.42 Å². The van der Waals surface area contributed by atoms with Crippen molar-refractivity contribution in [3.05, 3.63) is 71.5 Å². The van der Waals surface area contributed by atoms with Crippen molar-refractivity contribution in [2.24, 2.45) is 5.41 Å². The first kappa shape index (κ1) is 14.5. The lowest BCUT2D eigenvalue weighted by Crippen LogP contribution is -2.43. The summed E-state index contributed by atoms with van der Waals surface area (Å²) < 4.78 is 5.79. The molecule has 3 aromatic rings. The van der Waals surface area contributed by atoms with Crippen molar-refractivity contribution in [1.82, 2.24) is 0 Å². The van der Waals surface area contributed by atoms with E-state index in [0.717, 1.165) is 5.39 Å². The molecule has 5 nitrogen and oxygen atoms in total. The Kier molecular flexibility index (Phi) is 3.00. The first-order chi connectivity index (χ1) is 11.6. The van der Waals surface area contributed by atoms with Crippen LogP contribution in [0.4, 0.5) is 0 Å². The number of carboxylic acid groups (broad SMARTS) is 2. The molecule has 2 N–H and O–H groups in total. The number of aliphatic carboxylic acids is 2. The number of carbonyl (C=O) groups is 2. The zero-order valence-electron chi connectivity index (χ0n) is 12.6. The van der Waals surface area contributed by atoms with Crippen LogP contribution >= 0.6 is 0 Å². The van der Waals surface area contributed by atoms with Crippen molar-refractivity contribution in [3.63, 3.8) is 0 Å². The minimum absolute atomic E-state index is 0.165. The first-order valence-corrected chi connectivity index (χ1v) is 7.57. The quantitative estimate of drug-likeness (QED) is 0.723. The Morgan fingerprint density at radius 2 is 1.58 bits per heavy atom. The van der Waals surface area contributed by atoms with E-state index in [9.17, 15) is 19.8 Å². The Morgan fingerprint density at radius 1 is 0.958 bits per heavy atom. The molecule has 0 fully saturated rings. The van der Waals surface area contributed by atoms with E-state index < -0.39 is 23.3 Å². The molecule has 0 saturated carbocycles. The number of furan rings is 1. The van der Waals surface area contributed by atoms with Gasteiger partial charge in [0.25, 0.3) is 0 Å². The summed E-state index contributed by atoms with van der Waals surface area (Å²) in [6.07, 6.45) is -0.165. The zero-order chi connectivity index (χ0) is 16.9. The van der Waals surface area contributed by atoms with Gasteiger partial charge in [-0.25, -0.2) is 0 Å². The maximum atomic E-state index is 12.0. The van der Waals surface area contributed by atoms with E-state index in [1.807, 2.05) is 24.3 Å². The lowest BCUT2D eigenvalue weighted by molar-refractivity contribution is -0.165. The fraction of sp³-hybridized carbons (Fsp3) is 0.158. The monoisotopic (exact) mass is 322 g/mol. The van der Waals surface area contributed by atoms with Crippen LogP contribution in [0.5, 0.6) is 0 Å². The second kappa shape index (κ2) is 4.96. The number of hydrogen-bond donors (Lipinski definition) is 2. The highest BCUT2D eigenvalue weighted by atomic mass is 16.4. The van der Waals surface area contributed by atoms with Gasteiger partial charge in [-0.15, -0.1) is 0 Å². The highest BCUT2D eigenvalue weighted by Crippen LogP contribution is 2.54. The summed E-state index contributed by atoms with van der Waals surface area (Å²) in [4.78, 5) is 24.1. The minimum Gasteiger partial charge on any atom is -0.480 e. The van der Waals surface area contributed by atoms with Gasteiger partial charge in [0.2, 0.25) is 0 Å². The summed E-state index contributed by atoms with van der Waals surface area (Å²) in [5.74, 6) is -3.05. The lowest BCUT2D eigenvalue weighted by Gasteiger charge is -2.27. The molecule has 0 saturated heterocycles. The molecule has 0 aliphatic heterocycles. The van der Waals surface area contributed by atoms with Gasteiger partial charge in [0.1, 0.15) is 11.3 Å². The molecule has 24 heavy (non-hydrogen) atoms. The van der Waals surface area contributed by atoms with Gasteiger partial charge < -0.3 is 14.6 Å². The van der Waals surface area contributed by atoms with Crippen molar-refractivity contribution in [1.29, 1.82) is 0 Å². The zero-order valence-corrected chi connectivity index (χ0v) is 12.6. The van der Waals surface area contributed by atoms with Gasteiger partial charge in [0, 0.05) is 23.3 Å². The third kappa shape index (κ3) is 1.75. The summed E-state index contributed by atoms with van der Waals surface area (Å²) in [5, 5.41) is 20.4. The van der Waals surface area contributed by atoms with Crippen LogP contribution in [0.25, 0.3) is 11.0 Å². The highest BCUT2D eigenvalue weighted by Gasteiger charge is 2.60. The number of hydrogen-bond acceptors (Lipinski definition) is 3. The lowest BCUT2D eigenvalue weighted by atomic mass is 9.72. The van der Waals surface area contributed by atoms with Crippen molar-refractivity contribution < 1.29 is 24.2 Å². The van der Waals surface area contributed by atoms with E-state index in [1.165, 1.54) is 0 Å². The molecule has 1 aliphatic carbocycles. The first-order valence-electron chi connectivity index (χ1n) is 7.57. The largest absolute Gasteiger partial charge is 0.480 e. The second-order valence-electron chi connectivity index (χ2n) is 6.04. The summed E-state index contributed by atoms with van der Waals surface area (Å²) in [7, 11) is 0. The van der Waals surface area contributed by atoms with Gasteiger partial charge in [-0.2, -0.15) is 0 Å². The molecule has 2 aromatic carbocycles. The maximum Gasteiger partial charge on any atom is 0.322 e. The molecule has 4 rings (SSSR count). The van der Waals surface area contributed by atoms with Gasteiger partial charge in [0.15, 0.2) is 5.41 Å². The molecule has 1 atom stereocenters. The topological polar surface area (TPSA) is 87.7 Å². The summed E-state index contributed by atoms with van der Waals surface area (Å²) in [5.41, 5.74) is 0.0153. The normalized spacial score (nSPS) is 18.4. The third-order valence-corrected chi connectivity index (χ3v) is 4.83. The van der Waals surface area contributed by atoms with Crippen LogP contribution in [0.3, 0.4) is 0 Å². The Balaban J connectivity index is 2.06. The van der Waals surface area contributed by atoms with Crippen molar-refractivity contribution in [2.45, 2.75) is 12.3 Å². The van der Waals surface area contributed by atoms with E-state index in [2.05, 4.69) is 0 Å². The van der Waals surface area contributed by atoms with Crippen LogP contribution in [0.2, 0.25) is 0 Å². The Labute approximate surface area is 137 Å². The summed E-state index contributed by atoms with van der Waals surface area (Å²) in [6, 6.07) is 16.2. The van der Waals surface area contributed by atoms with E-state index in [0.29, 0.717) is 22.5 Å². The smallest absolute Gasteiger partial charge is 0.322 e. The van der Waals surface area contributed by atoms with Gasteiger partial charge >= 0.3 is 11.9 Å². The third-order valence-electron chi connectivity index (χ3n) is 4.83. The number of rotatable bonds is 3. The molecule has 0 spiro atoms. The molecular formula is C19H14O5. The predicted octanol–water partition coefficient (Wildman–Crippen LogP) is 3.28. The molecular weight excluding hydrogens is 308 g/mol. The van der Waals surface area contributed by atoms with Crippen molar-refractivity contribution in [2.75, 3.05) is 0 Å². The molecule has 1 aliphatic rings. The van der Waals surface area contributed by atoms with E-state index in [1.54, 1.807) is 30.3 Å². The standard InChI is InChI=1S/C19H14O5/c20-17(21)19(18(22)23)10-14-15(12-8-4-5-9-13(12)24-14)16(19)11-6-2-1-3-7-11/h1-9,16H,10H2,(H,20,21)(H,22,23). The Bertz CT molecular complexity index is 940. The Hall–Kier alpha value is -3.08. The van der Waals surface area contributed by atoms with Gasteiger partial charge in [-0.3, -0.25) is 9.59 Å². The maximum absolute atomic E-state index is 12.0. The van der Waals surface area contributed by atoms with E-state index in [4.69, 9.17) is 4.42 Å². The molecule has 5 heteroatoms. The average molecular weight is 322 g/mol. The number of benzene rings is 2. The van der Waals surface area contributed by atoms with Crippen LogP contribution in [-0.2, 0) is 16.0 Å². The Morgan fingerprint density at radius 3 is 2.25 bits per heavy atom. The predicted molar refractivity (Wildman–Crippen MR) is 85.9 cm³/mol. The van der Waals surface area contributed by atoms with Gasteiger partial charge in [-0.1, -0.05) is 48.5 Å². The van der Waals surface area contributed by atoms with Gasteiger partial charge in [-0.05, 0) is 11.6 Å².